The van der Waals surface area contributed by atoms with Gasteiger partial charge in [0.05, 0.1) is 12.1 Å². The minimum absolute atomic E-state index is 0.148. The molecule has 6 heteroatoms. The Labute approximate surface area is 229 Å². The molecular weight excluding hydrogens is 488 g/mol. The third-order valence-electron chi connectivity index (χ3n) is 7.49. The number of hydrogen-bond acceptors (Lipinski definition) is 4. The molecule has 0 spiro atoms. The molecule has 1 aliphatic heterocycles. The fourth-order valence-electron chi connectivity index (χ4n) is 5.39. The van der Waals surface area contributed by atoms with Crippen LogP contribution in [0.5, 0.6) is 5.75 Å². The van der Waals surface area contributed by atoms with Gasteiger partial charge < -0.3 is 25.1 Å². The van der Waals surface area contributed by atoms with Gasteiger partial charge in [0.2, 0.25) is 0 Å². The fraction of sp³-hybridized carbons (Fsp3) is 0.242. The molecule has 1 aliphatic rings. The summed E-state index contributed by atoms with van der Waals surface area (Å²) in [5.41, 5.74) is 3.71. The fourth-order valence-corrected chi connectivity index (χ4v) is 5.39. The SMILES string of the molecule is O=C1N(Cc2ccccc2)C(Cc2ccccc2)[C@H](O)[C@@H](O)C(Cc2ccc(O)cc2)N1Cc1ccccc1. The van der Waals surface area contributed by atoms with Gasteiger partial charge in [0.15, 0.2) is 0 Å². The van der Waals surface area contributed by atoms with Crippen molar-refractivity contribution in [2.24, 2.45) is 0 Å². The number of aliphatic hydroxyl groups excluding tert-OH is 2. The van der Waals surface area contributed by atoms with Gasteiger partial charge in [-0.25, -0.2) is 4.79 Å². The first-order valence-corrected chi connectivity index (χ1v) is 13.3. The maximum atomic E-state index is 14.5. The molecule has 0 aromatic heterocycles. The van der Waals surface area contributed by atoms with E-state index in [1.165, 1.54) is 0 Å². The summed E-state index contributed by atoms with van der Waals surface area (Å²) in [4.78, 5) is 17.9. The van der Waals surface area contributed by atoms with Crippen molar-refractivity contribution < 1.29 is 20.1 Å². The van der Waals surface area contributed by atoms with E-state index in [9.17, 15) is 20.1 Å². The molecule has 6 nitrogen and oxygen atoms in total. The summed E-state index contributed by atoms with van der Waals surface area (Å²) in [5, 5.41) is 33.2. The number of aliphatic hydroxyl groups is 2. The molecule has 1 fully saturated rings. The Kier molecular flexibility index (Phi) is 8.25. The molecule has 4 aromatic rings. The summed E-state index contributed by atoms with van der Waals surface area (Å²) < 4.78 is 0. The van der Waals surface area contributed by atoms with Gasteiger partial charge in [-0.2, -0.15) is 0 Å². The second-order valence-corrected chi connectivity index (χ2v) is 10.2. The van der Waals surface area contributed by atoms with Gasteiger partial charge in [-0.3, -0.25) is 0 Å². The Balaban J connectivity index is 1.57. The van der Waals surface area contributed by atoms with Crippen molar-refractivity contribution in [1.29, 1.82) is 0 Å². The van der Waals surface area contributed by atoms with Crippen LogP contribution in [0.2, 0.25) is 0 Å². The van der Waals surface area contributed by atoms with Crippen molar-refractivity contribution in [3.8, 4) is 5.75 Å². The zero-order valence-corrected chi connectivity index (χ0v) is 21.8. The first-order valence-electron chi connectivity index (χ1n) is 13.3. The van der Waals surface area contributed by atoms with E-state index >= 15 is 0 Å². The van der Waals surface area contributed by atoms with E-state index in [1.54, 1.807) is 34.1 Å². The van der Waals surface area contributed by atoms with Gasteiger partial charge in [0, 0.05) is 13.1 Å². The third-order valence-corrected chi connectivity index (χ3v) is 7.49. The number of hydrogen-bond donors (Lipinski definition) is 3. The quantitative estimate of drug-likeness (QED) is 0.311. The van der Waals surface area contributed by atoms with E-state index in [1.807, 2.05) is 91.0 Å². The van der Waals surface area contributed by atoms with Gasteiger partial charge >= 0.3 is 6.03 Å². The highest BCUT2D eigenvalue weighted by Gasteiger charge is 2.46. The molecule has 3 N–H and O–H groups in total. The highest BCUT2D eigenvalue weighted by atomic mass is 16.3. The molecule has 1 heterocycles. The lowest BCUT2D eigenvalue weighted by Gasteiger charge is -2.36. The number of rotatable bonds is 8. The highest BCUT2D eigenvalue weighted by molar-refractivity contribution is 5.76. The van der Waals surface area contributed by atoms with Crippen LogP contribution in [-0.4, -0.2) is 55.4 Å². The first-order chi connectivity index (χ1) is 19.0. The maximum Gasteiger partial charge on any atom is 0.321 e. The molecule has 2 unspecified atom stereocenters. The number of carbonyl (C=O) groups is 1. The van der Waals surface area contributed by atoms with Gasteiger partial charge in [-0.05, 0) is 47.2 Å². The second kappa shape index (κ2) is 12.2. The predicted octanol–water partition coefficient (Wildman–Crippen LogP) is 4.77. The number of nitrogens with zero attached hydrogens (tertiary/aromatic N) is 2. The van der Waals surface area contributed by atoms with Gasteiger partial charge in [0.1, 0.15) is 18.0 Å². The Morgan fingerprint density at radius 1 is 0.513 bits per heavy atom. The van der Waals surface area contributed by atoms with E-state index in [-0.39, 0.29) is 18.3 Å². The predicted molar refractivity (Wildman–Crippen MR) is 151 cm³/mol. The van der Waals surface area contributed by atoms with Crippen LogP contribution in [0.3, 0.4) is 0 Å². The summed E-state index contributed by atoms with van der Waals surface area (Å²) in [7, 11) is 0. The van der Waals surface area contributed by atoms with E-state index in [4.69, 9.17) is 0 Å². The Bertz CT molecular complexity index is 1330. The van der Waals surface area contributed by atoms with Crippen LogP contribution in [0.1, 0.15) is 22.3 Å². The summed E-state index contributed by atoms with van der Waals surface area (Å²) in [6, 6.07) is 34.4. The first kappa shape index (κ1) is 26.5. The van der Waals surface area contributed by atoms with E-state index < -0.39 is 24.3 Å². The molecular formula is C33H34N2O4. The zero-order valence-electron chi connectivity index (χ0n) is 21.8. The van der Waals surface area contributed by atoms with Gasteiger partial charge in [-0.15, -0.1) is 0 Å². The van der Waals surface area contributed by atoms with Crippen molar-refractivity contribution in [2.45, 2.75) is 50.2 Å². The number of benzene rings is 4. The summed E-state index contributed by atoms with van der Waals surface area (Å²) >= 11 is 0. The summed E-state index contributed by atoms with van der Waals surface area (Å²) in [6.45, 7) is 0.591. The van der Waals surface area contributed by atoms with Crippen molar-refractivity contribution in [3.63, 3.8) is 0 Å². The van der Waals surface area contributed by atoms with Crippen molar-refractivity contribution in [3.05, 3.63) is 138 Å². The smallest absolute Gasteiger partial charge is 0.321 e. The van der Waals surface area contributed by atoms with E-state index in [0.717, 1.165) is 22.3 Å². The topological polar surface area (TPSA) is 84.2 Å². The molecule has 4 aromatic carbocycles. The van der Waals surface area contributed by atoms with Crippen LogP contribution < -0.4 is 0 Å². The minimum Gasteiger partial charge on any atom is -0.508 e. The summed E-state index contributed by atoms with van der Waals surface area (Å²) in [5.74, 6) is 0.148. The maximum absolute atomic E-state index is 14.5. The van der Waals surface area contributed by atoms with E-state index in [2.05, 4.69) is 0 Å². The van der Waals surface area contributed by atoms with Crippen molar-refractivity contribution >= 4 is 6.03 Å². The minimum atomic E-state index is -1.19. The number of phenolic OH excluding ortho intramolecular Hbond substituents is 1. The van der Waals surface area contributed by atoms with Crippen LogP contribution in [0, 0.1) is 0 Å². The molecule has 2 amide bonds. The average Bonchev–Trinajstić information content (AvgIpc) is 3.03. The molecule has 39 heavy (non-hydrogen) atoms. The molecule has 0 bridgehead atoms. The van der Waals surface area contributed by atoms with Crippen molar-refractivity contribution in [2.75, 3.05) is 0 Å². The Hall–Kier alpha value is -4.13. The lowest BCUT2D eigenvalue weighted by Crippen LogP contribution is -2.50. The highest BCUT2D eigenvalue weighted by Crippen LogP contribution is 2.30. The van der Waals surface area contributed by atoms with Crippen LogP contribution in [0.25, 0.3) is 0 Å². The van der Waals surface area contributed by atoms with Gasteiger partial charge in [0.25, 0.3) is 0 Å². The van der Waals surface area contributed by atoms with Crippen LogP contribution >= 0.6 is 0 Å². The normalized spacial score (nSPS) is 21.5. The van der Waals surface area contributed by atoms with Gasteiger partial charge in [-0.1, -0.05) is 103 Å². The summed E-state index contributed by atoms with van der Waals surface area (Å²) in [6.07, 6.45) is -1.64. The zero-order chi connectivity index (χ0) is 27.2. The van der Waals surface area contributed by atoms with Crippen LogP contribution in [0.15, 0.2) is 115 Å². The number of phenols is 1. The number of aromatic hydroxyl groups is 1. The lowest BCUT2D eigenvalue weighted by atomic mass is 9.91. The molecule has 1 saturated heterocycles. The Morgan fingerprint density at radius 3 is 1.28 bits per heavy atom. The monoisotopic (exact) mass is 522 g/mol. The van der Waals surface area contributed by atoms with Crippen LogP contribution in [0.4, 0.5) is 4.79 Å². The van der Waals surface area contributed by atoms with Crippen LogP contribution in [-0.2, 0) is 25.9 Å². The number of urea groups is 1. The molecule has 0 saturated carbocycles. The standard InChI is InChI=1S/C33H34N2O4/c36-28-18-16-25(17-19-28)21-30-32(38)31(37)29(20-24-10-4-1-5-11-24)34(22-26-12-6-2-7-13-26)33(39)35(30)23-27-14-8-3-9-15-27/h1-19,29-32,36-38H,20-23H2/t29?,30?,31-,32-/m0/s1. The third kappa shape index (κ3) is 6.30. The molecule has 200 valence electrons. The van der Waals surface area contributed by atoms with E-state index in [0.29, 0.717) is 19.4 Å². The second-order valence-electron chi connectivity index (χ2n) is 10.2. The Morgan fingerprint density at radius 2 is 0.872 bits per heavy atom. The molecule has 4 atom stereocenters. The number of amides is 2. The average molecular weight is 523 g/mol. The largest absolute Gasteiger partial charge is 0.508 e. The molecule has 5 rings (SSSR count). The molecule has 0 aliphatic carbocycles. The van der Waals surface area contributed by atoms with Crippen molar-refractivity contribution in [1.82, 2.24) is 9.80 Å². The lowest BCUT2D eigenvalue weighted by molar-refractivity contribution is -0.0408. The number of carbonyl (C=O) groups excluding carboxylic acids is 1. The molecule has 0 radical (unpaired) electrons.